The summed E-state index contributed by atoms with van der Waals surface area (Å²) in [6.07, 6.45) is 2.73. The molecule has 144 valence electrons. The van der Waals surface area contributed by atoms with Gasteiger partial charge in [-0.15, -0.1) is 11.3 Å². The Kier molecular flexibility index (Phi) is 5.20. The van der Waals surface area contributed by atoms with Gasteiger partial charge in [-0.2, -0.15) is 0 Å². The van der Waals surface area contributed by atoms with Crippen molar-refractivity contribution in [1.29, 1.82) is 0 Å². The number of aromatic nitrogens is 4. The van der Waals surface area contributed by atoms with Gasteiger partial charge >= 0.3 is 0 Å². The number of benzene rings is 1. The third-order valence-corrected chi connectivity index (χ3v) is 4.97. The highest BCUT2D eigenvalue weighted by molar-refractivity contribution is 7.15. The van der Waals surface area contributed by atoms with E-state index < -0.39 is 6.10 Å². The standard InChI is InChI=1S/C19H19N5O3S/c1-27-14-4-2-3-12(9-14)16-17(24-7-8-28-19(24)23-16)15-5-6-20-18(22-15)21-10-13(26)11-25/h2-9,13,25-26H,10-11H2,1H3,(H,20,21,22). The lowest BCUT2D eigenvalue weighted by atomic mass is 10.1. The molecule has 4 rings (SSSR count). The molecule has 3 N–H and O–H groups in total. The van der Waals surface area contributed by atoms with Gasteiger partial charge < -0.3 is 20.3 Å². The topological polar surface area (TPSA) is 105 Å². The number of imidazole rings is 1. The quantitative estimate of drug-likeness (QED) is 0.439. The van der Waals surface area contributed by atoms with Gasteiger partial charge in [-0.25, -0.2) is 15.0 Å². The monoisotopic (exact) mass is 397 g/mol. The van der Waals surface area contributed by atoms with Crippen LogP contribution < -0.4 is 10.1 Å². The normalized spacial score (nSPS) is 12.2. The number of methoxy groups -OCH3 is 1. The minimum atomic E-state index is -0.877. The van der Waals surface area contributed by atoms with Crippen LogP contribution in [0.3, 0.4) is 0 Å². The summed E-state index contributed by atoms with van der Waals surface area (Å²) in [7, 11) is 1.63. The lowest BCUT2D eigenvalue weighted by Crippen LogP contribution is -2.23. The fourth-order valence-electron chi connectivity index (χ4n) is 2.85. The SMILES string of the molecule is COc1cccc(-c2nc3sccn3c2-c2ccnc(NCC(O)CO)n2)c1. The molecule has 0 aliphatic heterocycles. The molecule has 0 spiro atoms. The van der Waals surface area contributed by atoms with Gasteiger partial charge in [0.05, 0.1) is 31.2 Å². The number of fused-ring (bicyclic) bond motifs is 1. The molecule has 3 aromatic heterocycles. The first-order valence-corrected chi connectivity index (χ1v) is 9.53. The fourth-order valence-corrected chi connectivity index (χ4v) is 3.57. The Balaban J connectivity index is 1.79. The maximum atomic E-state index is 9.54. The highest BCUT2D eigenvalue weighted by atomic mass is 32.1. The van der Waals surface area contributed by atoms with E-state index in [0.29, 0.717) is 11.6 Å². The summed E-state index contributed by atoms with van der Waals surface area (Å²) in [6.45, 7) is -0.173. The minimum Gasteiger partial charge on any atom is -0.497 e. The summed E-state index contributed by atoms with van der Waals surface area (Å²) >= 11 is 1.54. The molecule has 8 nitrogen and oxygen atoms in total. The van der Waals surface area contributed by atoms with Crippen LogP contribution in [0.5, 0.6) is 5.75 Å². The maximum Gasteiger partial charge on any atom is 0.223 e. The van der Waals surface area contributed by atoms with Crippen LogP contribution in [0.4, 0.5) is 5.95 Å². The Morgan fingerprint density at radius 3 is 3.00 bits per heavy atom. The largest absolute Gasteiger partial charge is 0.497 e. The average Bonchev–Trinajstić information content (AvgIpc) is 3.33. The van der Waals surface area contributed by atoms with E-state index in [2.05, 4.69) is 15.3 Å². The van der Waals surface area contributed by atoms with E-state index in [4.69, 9.17) is 14.8 Å². The number of hydrogen-bond donors (Lipinski definition) is 3. The van der Waals surface area contributed by atoms with Crippen molar-refractivity contribution in [2.24, 2.45) is 0 Å². The van der Waals surface area contributed by atoms with E-state index in [1.165, 1.54) is 0 Å². The maximum absolute atomic E-state index is 9.54. The molecule has 0 aliphatic carbocycles. The first-order chi connectivity index (χ1) is 13.7. The molecule has 0 amide bonds. The Morgan fingerprint density at radius 1 is 1.29 bits per heavy atom. The van der Waals surface area contributed by atoms with Crippen LogP contribution in [0, 0.1) is 0 Å². The van der Waals surface area contributed by atoms with Gasteiger partial charge in [0.2, 0.25) is 5.95 Å². The second-order valence-corrected chi connectivity index (χ2v) is 6.95. The molecule has 0 fully saturated rings. The van der Waals surface area contributed by atoms with E-state index in [-0.39, 0.29) is 13.2 Å². The molecule has 0 radical (unpaired) electrons. The number of nitrogens with one attached hydrogen (secondary N) is 1. The van der Waals surface area contributed by atoms with E-state index in [1.54, 1.807) is 24.6 Å². The van der Waals surface area contributed by atoms with Crippen molar-refractivity contribution in [3.8, 4) is 28.4 Å². The number of ether oxygens (including phenoxy) is 1. The van der Waals surface area contributed by atoms with Gasteiger partial charge in [0.15, 0.2) is 4.96 Å². The van der Waals surface area contributed by atoms with Crippen molar-refractivity contribution in [1.82, 2.24) is 19.4 Å². The Hall–Kier alpha value is -3.01. The third-order valence-electron chi connectivity index (χ3n) is 4.21. The van der Waals surface area contributed by atoms with Gasteiger partial charge in [0, 0.05) is 29.9 Å². The van der Waals surface area contributed by atoms with Gasteiger partial charge in [0.25, 0.3) is 0 Å². The highest BCUT2D eigenvalue weighted by Crippen LogP contribution is 2.34. The highest BCUT2D eigenvalue weighted by Gasteiger charge is 2.19. The van der Waals surface area contributed by atoms with Crippen LogP contribution in [0.25, 0.3) is 27.6 Å². The smallest absolute Gasteiger partial charge is 0.223 e. The molecular formula is C19H19N5O3S. The van der Waals surface area contributed by atoms with E-state index >= 15 is 0 Å². The van der Waals surface area contributed by atoms with Crippen LogP contribution in [0.1, 0.15) is 0 Å². The molecule has 1 unspecified atom stereocenters. The van der Waals surface area contributed by atoms with Crippen molar-refractivity contribution in [2.75, 3.05) is 25.6 Å². The Labute approximate surface area is 165 Å². The predicted molar refractivity (Wildman–Crippen MR) is 108 cm³/mol. The van der Waals surface area contributed by atoms with E-state index in [9.17, 15) is 5.11 Å². The van der Waals surface area contributed by atoms with Crippen LogP contribution in [0.15, 0.2) is 48.1 Å². The third kappa shape index (κ3) is 3.55. The van der Waals surface area contributed by atoms with E-state index in [1.807, 2.05) is 46.3 Å². The lowest BCUT2D eigenvalue weighted by molar-refractivity contribution is 0.105. The number of aliphatic hydroxyl groups is 2. The first kappa shape index (κ1) is 18.4. The van der Waals surface area contributed by atoms with Gasteiger partial charge in [0.1, 0.15) is 11.4 Å². The average molecular weight is 397 g/mol. The summed E-state index contributed by atoms with van der Waals surface area (Å²) in [5, 5.41) is 23.4. The fraction of sp³-hybridized carbons (Fsp3) is 0.211. The van der Waals surface area contributed by atoms with Gasteiger partial charge in [-0.1, -0.05) is 12.1 Å². The molecule has 4 aromatic rings. The van der Waals surface area contributed by atoms with Crippen LogP contribution >= 0.6 is 11.3 Å². The summed E-state index contributed by atoms with van der Waals surface area (Å²) in [5.41, 5.74) is 3.26. The summed E-state index contributed by atoms with van der Waals surface area (Å²) in [6, 6.07) is 9.55. The zero-order valence-electron chi connectivity index (χ0n) is 15.1. The molecule has 1 aromatic carbocycles. The molecule has 0 bridgehead atoms. The summed E-state index contributed by atoms with van der Waals surface area (Å²) in [4.78, 5) is 14.4. The second-order valence-electron chi connectivity index (χ2n) is 6.08. The zero-order valence-corrected chi connectivity index (χ0v) is 15.9. The van der Waals surface area contributed by atoms with Crippen molar-refractivity contribution >= 4 is 22.2 Å². The molecule has 0 saturated heterocycles. The van der Waals surface area contributed by atoms with Crippen molar-refractivity contribution in [3.63, 3.8) is 0 Å². The summed E-state index contributed by atoms with van der Waals surface area (Å²) in [5.74, 6) is 1.12. The van der Waals surface area contributed by atoms with Gasteiger partial charge in [-0.05, 0) is 18.2 Å². The Bertz CT molecular complexity index is 1090. The lowest BCUT2D eigenvalue weighted by Gasteiger charge is -2.10. The number of anilines is 1. The molecule has 1 atom stereocenters. The van der Waals surface area contributed by atoms with Crippen LogP contribution in [-0.2, 0) is 0 Å². The van der Waals surface area contributed by atoms with Crippen LogP contribution in [-0.4, -0.2) is 55.9 Å². The number of aliphatic hydroxyl groups excluding tert-OH is 2. The number of nitrogens with zero attached hydrogens (tertiary/aromatic N) is 4. The first-order valence-electron chi connectivity index (χ1n) is 8.66. The van der Waals surface area contributed by atoms with Gasteiger partial charge in [-0.3, -0.25) is 4.40 Å². The molecule has 3 heterocycles. The van der Waals surface area contributed by atoms with E-state index in [0.717, 1.165) is 27.7 Å². The van der Waals surface area contributed by atoms with Crippen LogP contribution in [0.2, 0.25) is 0 Å². The number of hydrogen-bond acceptors (Lipinski definition) is 8. The molecule has 0 aliphatic rings. The molecule has 0 saturated carbocycles. The second kappa shape index (κ2) is 7.93. The molecule has 9 heteroatoms. The number of thiazole rings is 1. The minimum absolute atomic E-state index is 0.156. The van der Waals surface area contributed by atoms with Crippen molar-refractivity contribution < 1.29 is 14.9 Å². The van der Waals surface area contributed by atoms with Crippen molar-refractivity contribution in [3.05, 3.63) is 48.1 Å². The molecule has 28 heavy (non-hydrogen) atoms. The Morgan fingerprint density at radius 2 is 2.18 bits per heavy atom. The predicted octanol–water partition coefficient (Wildman–Crippen LogP) is 2.29. The molecular weight excluding hydrogens is 378 g/mol. The summed E-state index contributed by atoms with van der Waals surface area (Å²) < 4.78 is 7.34. The number of rotatable bonds is 7. The zero-order chi connectivity index (χ0) is 19.5. The van der Waals surface area contributed by atoms with Crippen molar-refractivity contribution in [2.45, 2.75) is 6.10 Å².